The third-order valence-corrected chi connectivity index (χ3v) is 4.04. The van der Waals surface area contributed by atoms with Crippen LogP contribution in [0.5, 0.6) is 0 Å². The molecular formula is C12H24. The molecule has 0 aromatic heterocycles. The summed E-state index contributed by atoms with van der Waals surface area (Å²) in [6.07, 6.45) is 7.17. The molecule has 1 aliphatic rings. The van der Waals surface area contributed by atoms with E-state index in [9.17, 15) is 0 Å². The quantitative estimate of drug-likeness (QED) is 0.588. The second kappa shape index (κ2) is 3.81. The molecular weight excluding hydrogens is 144 g/mol. The van der Waals surface area contributed by atoms with Crippen molar-refractivity contribution in [1.82, 2.24) is 0 Å². The number of hydrogen-bond acceptors (Lipinski definition) is 0. The van der Waals surface area contributed by atoms with Crippen molar-refractivity contribution >= 4 is 0 Å². The Balaban J connectivity index is 2.50. The minimum absolute atomic E-state index is 0.753. The Labute approximate surface area is 77.7 Å². The van der Waals surface area contributed by atoms with Gasteiger partial charge in [0.2, 0.25) is 0 Å². The molecule has 2 atom stereocenters. The fourth-order valence-corrected chi connectivity index (χ4v) is 3.23. The number of hydrogen-bond donors (Lipinski definition) is 0. The Kier molecular flexibility index (Phi) is 3.20. The second-order valence-electron chi connectivity index (χ2n) is 4.83. The Morgan fingerprint density at radius 3 is 1.83 bits per heavy atom. The van der Waals surface area contributed by atoms with Gasteiger partial charge in [0, 0.05) is 0 Å². The summed E-state index contributed by atoms with van der Waals surface area (Å²) in [6, 6.07) is 0. The van der Waals surface area contributed by atoms with Crippen LogP contribution in [-0.2, 0) is 0 Å². The highest BCUT2D eigenvalue weighted by Crippen LogP contribution is 2.56. The van der Waals surface area contributed by atoms with Crippen LogP contribution in [0.2, 0.25) is 0 Å². The molecule has 1 rings (SSSR count). The predicted octanol–water partition coefficient (Wildman–Crippen LogP) is 4.25. The maximum atomic E-state index is 2.46. The van der Waals surface area contributed by atoms with Crippen molar-refractivity contribution in [3.63, 3.8) is 0 Å². The lowest BCUT2D eigenvalue weighted by molar-refractivity contribution is -0.0376. The Bertz CT molecular complexity index is 125. The van der Waals surface area contributed by atoms with Crippen LogP contribution in [0, 0.1) is 17.3 Å². The van der Waals surface area contributed by atoms with E-state index in [1.165, 1.54) is 32.1 Å². The van der Waals surface area contributed by atoms with Gasteiger partial charge in [0.05, 0.1) is 0 Å². The summed E-state index contributed by atoms with van der Waals surface area (Å²) in [4.78, 5) is 0. The molecule has 0 heterocycles. The SMILES string of the molecule is CCCC1(CCC)CC(C)C1C. The molecule has 0 spiro atoms. The zero-order chi connectivity index (χ0) is 9.19. The Morgan fingerprint density at radius 1 is 1.08 bits per heavy atom. The van der Waals surface area contributed by atoms with Crippen LogP contribution in [0.1, 0.15) is 59.8 Å². The molecule has 1 aliphatic carbocycles. The minimum Gasteiger partial charge on any atom is -0.0654 e. The van der Waals surface area contributed by atoms with E-state index in [0.717, 1.165) is 17.3 Å². The largest absolute Gasteiger partial charge is 0.0654 e. The maximum Gasteiger partial charge on any atom is -0.0267 e. The maximum absolute atomic E-state index is 2.46. The molecule has 0 aromatic carbocycles. The molecule has 0 bridgehead atoms. The first kappa shape index (κ1) is 10.1. The summed E-state index contributed by atoms with van der Waals surface area (Å²) in [7, 11) is 0. The molecule has 0 radical (unpaired) electrons. The fraction of sp³-hybridized carbons (Fsp3) is 1.00. The molecule has 0 saturated heterocycles. The van der Waals surface area contributed by atoms with Crippen molar-refractivity contribution < 1.29 is 0 Å². The summed E-state index contributed by atoms with van der Waals surface area (Å²) in [5.74, 6) is 1.97. The van der Waals surface area contributed by atoms with Gasteiger partial charge in [0.15, 0.2) is 0 Å². The van der Waals surface area contributed by atoms with Crippen LogP contribution in [0.25, 0.3) is 0 Å². The number of rotatable bonds is 4. The van der Waals surface area contributed by atoms with Crippen molar-refractivity contribution in [2.75, 3.05) is 0 Å². The van der Waals surface area contributed by atoms with E-state index in [1.54, 1.807) is 0 Å². The lowest BCUT2D eigenvalue weighted by atomic mass is 9.51. The molecule has 0 N–H and O–H groups in total. The molecule has 0 aromatic rings. The van der Waals surface area contributed by atoms with Crippen LogP contribution < -0.4 is 0 Å². The fourth-order valence-electron chi connectivity index (χ4n) is 3.23. The highest BCUT2D eigenvalue weighted by atomic mass is 14.5. The minimum atomic E-state index is 0.753. The van der Waals surface area contributed by atoms with Gasteiger partial charge in [0.25, 0.3) is 0 Å². The molecule has 0 nitrogen and oxygen atoms in total. The van der Waals surface area contributed by atoms with Gasteiger partial charge in [-0.25, -0.2) is 0 Å². The van der Waals surface area contributed by atoms with E-state index < -0.39 is 0 Å². The summed E-state index contributed by atoms with van der Waals surface area (Å²) in [5, 5.41) is 0. The Morgan fingerprint density at radius 2 is 1.58 bits per heavy atom. The van der Waals surface area contributed by atoms with Crippen molar-refractivity contribution in [2.24, 2.45) is 17.3 Å². The highest BCUT2D eigenvalue weighted by Gasteiger charge is 2.46. The van der Waals surface area contributed by atoms with Crippen molar-refractivity contribution in [3.8, 4) is 0 Å². The molecule has 72 valence electrons. The first-order valence-corrected chi connectivity index (χ1v) is 5.66. The Hall–Kier alpha value is 0. The molecule has 0 heteroatoms. The van der Waals surface area contributed by atoms with E-state index in [4.69, 9.17) is 0 Å². The highest BCUT2D eigenvalue weighted by molar-refractivity contribution is 4.96. The van der Waals surface area contributed by atoms with Gasteiger partial charge in [-0.3, -0.25) is 0 Å². The first-order valence-electron chi connectivity index (χ1n) is 5.66. The van der Waals surface area contributed by atoms with Gasteiger partial charge in [-0.1, -0.05) is 40.5 Å². The average Bonchev–Trinajstić information content (AvgIpc) is 2.05. The topological polar surface area (TPSA) is 0 Å². The van der Waals surface area contributed by atoms with Crippen LogP contribution >= 0.6 is 0 Å². The van der Waals surface area contributed by atoms with Crippen molar-refractivity contribution in [2.45, 2.75) is 59.8 Å². The lowest BCUT2D eigenvalue weighted by Crippen LogP contribution is -2.44. The third kappa shape index (κ3) is 1.53. The molecule has 12 heavy (non-hydrogen) atoms. The molecule has 1 fully saturated rings. The van der Waals surface area contributed by atoms with Crippen LogP contribution in [0.3, 0.4) is 0 Å². The summed E-state index contributed by atoms with van der Waals surface area (Å²) >= 11 is 0. The predicted molar refractivity (Wildman–Crippen MR) is 55.2 cm³/mol. The molecule has 0 aliphatic heterocycles. The first-order chi connectivity index (χ1) is 5.66. The van der Waals surface area contributed by atoms with Gasteiger partial charge in [0.1, 0.15) is 0 Å². The van der Waals surface area contributed by atoms with Crippen molar-refractivity contribution in [3.05, 3.63) is 0 Å². The van der Waals surface area contributed by atoms with Crippen LogP contribution in [0.15, 0.2) is 0 Å². The zero-order valence-electron chi connectivity index (χ0n) is 9.19. The summed E-state index contributed by atoms with van der Waals surface area (Å²) < 4.78 is 0. The summed E-state index contributed by atoms with van der Waals surface area (Å²) in [6.45, 7) is 9.52. The van der Waals surface area contributed by atoms with E-state index in [1.807, 2.05) is 0 Å². The van der Waals surface area contributed by atoms with E-state index in [0.29, 0.717) is 0 Å². The molecule has 0 amide bonds. The van der Waals surface area contributed by atoms with Gasteiger partial charge in [-0.2, -0.15) is 0 Å². The van der Waals surface area contributed by atoms with Crippen LogP contribution in [-0.4, -0.2) is 0 Å². The zero-order valence-corrected chi connectivity index (χ0v) is 9.19. The van der Waals surface area contributed by atoms with Gasteiger partial charge < -0.3 is 0 Å². The smallest absolute Gasteiger partial charge is 0.0267 e. The standard InChI is InChI=1S/C12H24/c1-5-7-12(8-6-2)9-10(3)11(12)4/h10-11H,5-9H2,1-4H3. The molecule has 1 saturated carbocycles. The lowest BCUT2D eigenvalue weighted by Gasteiger charge is -2.54. The van der Waals surface area contributed by atoms with E-state index in [2.05, 4.69) is 27.7 Å². The molecule has 2 unspecified atom stereocenters. The third-order valence-electron chi connectivity index (χ3n) is 4.04. The van der Waals surface area contributed by atoms with Gasteiger partial charge in [-0.05, 0) is 36.5 Å². The normalized spacial score (nSPS) is 33.0. The summed E-state index contributed by atoms with van der Waals surface area (Å²) in [5.41, 5.74) is 0.753. The van der Waals surface area contributed by atoms with Crippen molar-refractivity contribution in [1.29, 1.82) is 0 Å². The second-order valence-corrected chi connectivity index (χ2v) is 4.83. The monoisotopic (exact) mass is 168 g/mol. The van der Waals surface area contributed by atoms with Gasteiger partial charge >= 0.3 is 0 Å². The van der Waals surface area contributed by atoms with Gasteiger partial charge in [-0.15, -0.1) is 0 Å². The van der Waals surface area contributed by atoms with E-state index >= 15 is 0 Å². The average molecular weight is 168 g/mol. The van der Waals surface area contributed by atoms with E-state index in [-0.39, 0.29) is 0 Å². The van der Waals surface area contributed by atoms with Crippen LogP contribution in [0.4, 0.5) is 0 Å².